The minimum atomic E-state index is 0.0717. The Kier molecular flexibility index (Phi) is 5.09. The van der Waals surface area contributed by atoms with Gasteiger partial charge in [-0.1, -0.05) is 55.5 Å². The van der Waals surface area contributed by atoms with E-state index >= 15 is 0 Å². The third kappa shape index (κ3) is 4.20. The lowest BCUT2D eigenvalue weighted by molar-refractivity contribution is -0.117. The van der Waals surface area contributed by atoms with Crippen LogP contribution in [0.15, 0.2) is 54.6 Å². The summed E-state index contributed by atoms with van der Waals surface area (Å²) in [6, 6.07) is 18.2. The molecule has 2 aromatic carbocycles. The first-order chi connectivity index (χ1) is 11.2. The van der Waals surface area contributed by atoms with E-state index in [4.69, 9.17) is 0 Å². The number of amides is 1. The van der Waals surface area contributed by atoms with Crippen molar-refractivity contribution < 1.29 is 4.79 Å². The van der Waals surface area contributed by atoms with Crippen LogP contribution in [0.4, 0.5) is 5.69 Å². The van der Waals surface area contributed by atoms with Gasteiger partial charge in [0.05, 0.1) is 6.54 Å². The number of carbonyl (C=O) groups excluding carboxylic acids is 1. The summed E-state index contributed by atoms with van der Waals surface area (Å²) in [6.07, 6.45) is 2.46. The molecule has 0 saturated carbocycles. The van der Waals surface area contributed by atoms with E-state index in [1.807, 2.05) is 42.5 Å². The van der Waals surface area contributed by atoms with Crippen LogP contribution in [0.2, 0.25) is 0 Å². The Morgan fingerprint density at radius 1 is 1.13 bits per heavy atom. The molecule has 23 heavy (non-hydrogen) atoms. The second-order valence-electron chi connectivity index (χ2n) is 6.44. The maximum atomic E-state index is 12.4. The largest absolute Gasteiger partial charge is 0.324 e. The van der Waals surface area contributed by atoms with E-state index in [0.29, 0.717) is 12.5 Å². The number of anilines is 1. The number of rotatable bonds is 4. The third-order valence-electron chi connectivity index (χ3n) is 4.39. The molecule has 0 bridgehead atoms. The SMILES string of the molecule is CC1CCCN(CC(=O)Nc2ccccc2-c2ccccc2)C1. The van der Waals surface area contributed by atoms with E-state index in [0.717, 1.165) is 29.9 Å². The molecule has 1 N–H and O–H groups in total. The number of hydrogen-bond donors (Lipinski definition) is 1. The van der Waals surface area contributed by atoms with Crippen molar-refractivity contribution in [1.82, 2.24) is 4.90 Å². The lowest BCUT2D eigenvalue weighted by Crippen LogP contribution is -2.39. The highest BCUT2D eigenvalue weighted by Gasteiger charge is 2.19. The lowest BCUT2D eigenvalue weighted by atomic mass is 10.0. The summed E-state index contributed by atoms with van der Waals surface area (Å²) in [4.78, 5) is 14.7. The second-order valence-corrected chi connectivity index (χ2v) is 6.44. The van der Waals surface area contributed by atoms with Crippen LogP contribution < -0.4 is 5.32 Å². The summed E-state index contributed by atoms with van der Waals surface area (Å²) in [5.74, 6) is 0.760. The Bertz CT molecular complexity index is 654. The Morgan fingerprint density at radius 2 is 1.87 bits per heavy atom. The van der Waals surface area contributed by atoms with E-state index in [1.165, 1.54) is 12.8 Å². The maximum Gasteiger partial charge on any atom is 0.238 e. The van der Waals surface area contributed by atoms with Gasteiger partial charge in [0.1, 0.15) is 0 Å². The van der Waals surface area contributed by atoms with E-state index in [2.05, 4.69) is 29.3 Å². The summed E-state index contributed by atoms with van der Waals surface area (Å²) in [5, 5.41) is 3.09. The van der Waals surface area contributed by atoms with E-state index < -0.39 is 0 Å². The van der Waals surface area contributed by atoms with Gasteiger partial charge in [0.15, 0.2) is 0 Å². The van der Waals surface area contributed by atoms with Gasteiger partial charge in [-0.25, -0.2) is 0 Å². The fourth-order valence-electron chi connectivity index (χ4n) is 3.28. The number of nitrogens with one attached hydrogen (secondary N) is 1. The number of carbonyl (C=O) groups is 1. The fraction of sp³-hybridized carbons (Fsp3) is 0.350. The van der Waals surface area contributed by atoms with Gasteiger partial charge in [-0.15, -0.1) is 0 Å². The van der Waals surface area contributed by atoms with Crippen molar-refractivity contribution in [2.45, 2.75) is 19.8 Å². The van der Waals surface area contributed by atoms with Crippen LogP contribution >= 0.6 is 0 Å². The van der Waals surface area contributed by atoms with Gasteiger partial charge in [0.25, 0.3) is 0 Å². The van der Waals surface area contributed by atoms with Crippen molar-refractivity contribution in [3.05, 3.63) is 54.6 Å². The molecule has 0 aliphatic carbocycles. The number of hydrogen-bond acceptors (Lipinski definition) is 2. The average molecular weight is 308 g/mol. The maximum absolute atomic E-state index is 12.4. The van der Waals surface area contributed by atoms with Gasteiger partial charge >= 0.3 is 0 Å². The molecule has 1 heterocycles. The predicted octanol–water partition coefficient (Wildman–Crippen LogP) is 4.02. The normalized spacial score (nSPS) is 18.6. The van der Waals surface area contributed by atoms with Gasteiger partial charge < -0.3 is 5.32 Å². The van der Waals surface area contributed by atoms with Crippen LogP contribution in [0.5, 0.6) is 0 Å². The molecular weight excluding hydrogens is 284 g/mol. The summed E-state index contributed by atoms with van der Waals surface area (Å²) in [6.45, 7) is 4.79. The van der Waals surface area contributed by atoms with Crippen molar-refractivity contribution >= 4 is 11.6 Å². The molecule has 0 aromatic heterocycles. The molecule has 120 valence electrons. The standard InChI is InChI=1S/C20H24N2O/c1-16-8-7-13-22(14-16)15-20(23)21-19-12-6-5-11-18(19)17-9-3-2-4-10-17/h2-6,9-12,16H,7-8,13-15H2,1H3,(H,21,23). The van der Waals surface area contributed by atoms with Crippen molar-refractivity contribution in [3.8, 4) is 11.1 Å². The Balaban J connectivity index is 1.69. The summed E-state index contributed by atoms with van der Waals surface area (Å²) in [5.41, 5.74) is 3.07. The highest BCUT2D eigenvalue weighted by atomic mass is 16.2. The van der Waals surface area contributed by atoms with Crippen molar-refractivity contribution in [2.75, 3.05) is 25.0 Å². The number of para-hydroxylation sites is 1. The molecule has 1 aliphatic rings. The summed E-state index contributed by atoms with van der Waals surface area (Å²) in [7, 11) is 0. The molecule has 3 heteroatoms. The molecule has 2 aromatic rings. The fourth-order valence-corrected chi connectivity index (χ4v) is 3.28. The van der Waals surface area contributed by atoms with Crippen LogP contribution in [0.25, 0.3) is 11.1 Å². The number of piperidine rings is 1. The van der Waals surface area contributed by atoms with Gasteiger partial charge in [-0.2, -0.15) is 0 Å². The van der Waals surface area contributed by atoms with E-state index in [-0.39, 0.29) is 5.91 Å². The number of likely N-dealkylation sites (tertiary alicyclic amines) is 1. The molecule has 1 unspecified atom stereocenters. The van der Waals surface area contributed by atoms with Gasteiger partial charge in [0.2, 0.25) is 5.91 Å². The zero-order chi connectivity index (χ0) is 16.1. The van der Waals surface area contributed by atoms with E-state index in [9.17, 15) is 4.79 Å². The van der Waals surface area contributed by atoms with Crippen molar-refractivity contribution in [2.24, 2.45) is 5.92 Å². The zero-order valence-corrected chi connectivity index (χ0v) is 13.7. The molecule has 1 fully saturated rings. The highest BCUT2D eigenvalue weighted by molar-refractivity contribution is 5.96. The molecule has 1 amide bonds. The average Bonchev–Trinajstić information content (AvgIpc) is 2.56. The first kappa shape index (κ1) is 15.8. The topological polar surface area (TPSA) is 32.3 Å². The quantitative estimate of drug-likeness (QED) is 0.925. The molecule has 3 rings (SSSR count). The molecular formula is C20H24N2O. The molecule has 0 spiro atoms. The molecule has 0 radical (unpaired) electrons. The smallest absolute Gasteiger partial charge is 0.238 e. The van der Waals surface area contributed by atoms with Crippen molar-refractivity contribution in [3.63, 3.8) is 0 Å². The lowest BCUT2D eigenvalue weighted by Gasteiger charge is -2.30. The molecule has 1 atom stereocenters. The Morgan fingerprint density at radius 3 is 2.65 bits per heavy atom. The van der Waals surface area contributed by atoms with Crippen LogP contribution in [0.3, 0.4) is 0 Å². The zero-order valence-electron chi connectivity index (χ0n) is 13.7. The number of nitrogens with zero attached hydrogens (tertiary/aromatic N) is 1. The third-order valence-corrected chi connectivity index (χ3v) is 4.39. The van der Waals surface area contributed by atoms with Gasteiger partial charge in [0, 0.05) is 17.8 Å². The Labute approximate surface area is 138 Å². The molecule has 1 saturated heterocycles. The van der Waals surface area contributed by atoms with Gasteiger partial charge in [-0.3, -0.25) is 9.69 Å². The van der Waals surface area contributed by atoms with Crippen LogP contribution in [0, 0.1) is 5.92 Å². The van der Waals surface area contributed by atoms with Crippen molar-refractivity contribution in [1.29, 1.82) is 0 Å². The number of benzene rings is 2. The summed E-state index contributed by atoms with van der Waals surface area (Å²) < 4.78 is 0. The molecule has 1 aliphatic heterocycles. The minimum Gasteiger partial charge on any atom is -0.324 e. The van der Waals surface area contributed by atoms with Crippen LogP contribution in [-0.4, -0.2) is 30.4 Å². The monoisotopic (exact) mass is 308 g/mol. The first-order valence-corrected chi connectivity index (χ1v) is 8.39. The second kappa shape index (κ2) is 7.42. The molecule has 3 nitrogen and oxygen atoms in total. The van der Waals surface area contributed by atoms with Crippen LogP contribution in [0.1, 0.15) is 19.8 Å². The minimum absolute atomic E-state index is 0.0717. The van der Waals surface area contributed by atoms with Crippen LogP contribution in [-0.2, 0) is 4.79 Å². The van der Waals surface area contributed by atoms with E-state index in [1.54, 1.807) is 0 Å². The first-order valence-electron chi connectivity index (χ1n) is 8.39. The predicted molar refractivity (Wildman–Crippen MR) is 95.3 cm³/mol. The summed E-state index contributed by atoms with van der Waals surface area (Å²) >= 11 is 0. The van der Waals surface area contributed by atoms with Gasteiger partial charge in [-0.05, 0) is 36.9 Å². The Hall–Kier alpha value is -2.13. The highest BCUT2D eigenvalue weighted by Crippen LogP contribution is 2.27.